The van der Waals surface area contributed by atoms with E-state index in [-0.39, 0.29) is 0 Å². The van der Waals surface area contributed by atoms with Gasteiger partial charge in [-0.1, -0.05) is 35.8 Å². The van der Waals surface area contributed by atoms with Crippen LogP contribution in [0.2, 0.25) is 0 Å². The highest BCUT2D eigenvalue weighted by atomic mass is 79.9. The predicted octanol–water partition coefficient (Wildman–Crippen LogP) is 2.53. The van der Waals surface area contributed by atoms with Gasteiger partial charge in [-0.3, -0.25) is 0 Å². The molecule has 0 saturated carbocycles. The molecule has 0 spiro atoms. The molecule has 0 aliphatic carbocycles. The van der Waals surface area contributed by atoms with Gasteiger partial charge in [-0.15, -0.1) is 0 Å². The van der Waals surface area contributed by atoms with E-state index in [2.05, 4.69) is 45.2 Å². The molecule has 0 unspecified atom stereocenters. The van der Waals surface area contributed by atoms with Crippen LogP contribution in [0.15, 0.2) is 35.1 Å². The molecule has 4 nitrogen and oxygen atoms in total. The van der Waals surface area contributed by atoms with Crippen LogP contribution in [0.3, 0.4) is 0 Å². The number of nitrogens with one attached hydrogen (secondary N) is 1. The van der Waals surface area contributed by atoms with Gasteiger partial charge in [0.25, 0.3) is 0 Å². The maximum Gasteiger partial charge on any atom is 0.146 e. The second-order valence-corrected chi connectivity index (χ2v) is 5.02. The summed E-state index contributed by atoms with van der Waals surface area (Å²) < 4.78 is 2.88. The monoisotopic (exact) mass is 294 g/mol. The van der Waals surface area contributed by atoms with Gasteiger partial charge in [0.05, 0.1) is 12.2 Å². The van der Waals surface area contributed by atoms with Crippen LogP contribution < -0.4 is 5.32 Å². The van der Waals surface area contributed by atoms with Crippen molar-refractivity contribution < 1.29 is 0 Å². The Labute approximate surface area is 109 Å². The van der Waals surface area contributed by atoms with E-state index in [1.807, 2.05) is 28.9 Å². The van der Waals surface area contributed by atoms with Crippen molar-refractivity contribution in [2.24, 2.45) is 0 Å². The first-order valence-electron chi connectivity index (χ1n) is 5.55. The van der Waals surface area contributed by atoms with E-state index < -0.39 is 0 Å². The molecule has 0 saturated heterocycles. The van der Waals surface area contributed by atoms with E-state index in [0.29, 0.717) is 12.6 Å². The molecule has 2 rings (SSSR count). The summed E-state index contributed by atoms with van der Waals surface area (Å²) in [6.07, 6.45) is 1.58. The molecule has 0 aliphatic heterocycles. The molecule has 1 heterocycles. The average molecular weight is 295 g/mol. The fourth-order valence-electron chi connectivity index (χ4n) is 1.50. The van der Waals surface area contributed by atoms with Crippen molar-refractivity contribution in [3.05, 3.63) is 40.9 Å². The molecule has 0 amide bonds. The summed E-state index contributed by atoms with van der Waals surface area (Å²) in [5.74, 6) is 0.914. The van der Waals surface area contributed by atoms with E-state index >= 15 is 0 Å². The Morgan fingerprint density at radius 3 is 2.94 bits per heavy atom. The Balaban J connectivity index is 2.24. The van der Waals surface area contributed by atoms with Crippen LogP contribution in [0.4, 0.5) is 0 Å². The molecule has 90 valence electrons. The SMILES string of the molecule is CC(C)NCc1ncnn1-c1cccc(Br)c1. The number of benzene rings is 1. The summed E-state index contributed by atoms with van der Waals surface area (Å²) in [5.41, 5.74) is 1.01. The van der Waals surface area contributed by atoms with Crippen LogP contribution in [0.25, 0.3) is 5.69 Å². The smallest absolute Gasteiger partial charge is 0.146 e. The van der Waals surface area contributed by atoms with Crippen molar-refractivity contribution in [3.63, 3.8) is 0 Å². The fraction of sp³-hybridized carbons (Fsp3) is 0.333. The standard InChI is InChI=1S/C12H15BrN4/c1-9(2)14-7-12-15-8-16-17(12)11-5-3-4-10(13)6-11/h3-6,8-9,14H,7H2,1-2H3. The first-order chi connectivity index (χ1) is 8.16. The molecule has 1 aromatic heterocycles. The minimum Gasteiger partial charge on any atom is -0.308 e. The maximum absolute atomic E-state index is 4.27. The number of hydrogen-bond acceptors (Lipinski definition) is 3. The Hall–Kier alpha value is -1.20. The van der Waals surface area contributed by atoms with Gasteiger partial charge in [0.15, 0.2) is 0 Å². The minimum atomic E-state index is 0.433. The van der Waals surface area contributed by atoms with Gasteiger partial charge >= 0.3 is 0 Å². The lowest BCUT2D eigenvalue weighted by Gasteiger charge is -2.09. The van der Waals surface area contributed by atoms with Crippen LogP contribution in [0.1, 0.15) is 19.7 Å². The Kier molecular flexibility index (Phi) is 3.91. The molecular formula is C12H15BrN4. The van der Waals surface area contributed by atoms with Crippen molar-refractivity contribution in [2.75, 3.05) is 0 Å². The highest BCUT2D eigenvalue weighted by molar-refractivity contribution is 9.10. The van der Waals surface area contributed by atoms with E-state index in [1.165, 1.54) is 0 Å². The molecule has 0 bridgehead atoms. The van der Waals surface area contributed by atoms with E-state index in [9.17, 15) is 0 Å². The number of halogens is 1. The molecular weight excluding hydrogens is 280 g/mol. The molecule has 5 heteroatoms. The summed E-state index contributed by atoms with van der Waals surface area (Å²) in [6, 6.07) is 8.45. The number of hydrogen-bond donors (Lipinski definition) is 1. The summed E-state index contributed by atoms with van der Waals surface area (Å²) in [4.78, 5) is 4.27. The Bertz CT molecular complexity index is 493. The quantitative estimate of drug-likeness (QED) is 0.942. The molecule has 1 aromatic carbocycles. The van der Waals surface area contributed by atoms with Crippen LogP contribution in [-0.4, -0.2) is 20.8 Å². The van der Waals surface area contributed by atoms with Gasteiger partial charge in [-0.05, 0) is 18.2 Å². The zero-order chi connectivity index (χ0) is 12.3. The van der Waals surface area contributed by atoms with Gasteiger partial charge in [-0.25, -0.2) is 9.67 Å². The molecule has 1 N–H and O–H groups in total. The lowest BCUT2D eigenvalue weighted by Crippen LogP contribution is -2.24. The van der Waals surface area contributed by atoms with E-state index in [1.54, 1.807) is 6.33 Å². The van der Waals surface area contributed by atoms with E-state index in [0.717, 1.165) is 16.0 Å². The zero-order valence-electron chi connectivity index (χ0n) is 9.89. The van der Waals surface area contributed by atoms with Crippen LogP contribution in [0.5, 0.6) is 0 Å². The van der Waals surface area contributed by atoms with Gasteiger partial charge in [0, 0.05) is 10.5 Å². The van der Waals surface area contributed by atoms with Crippen molar-refractivity contribution >= 4 is 15.9 Å². The first kappa shape index (κ1) is 12.3. The Morgan fingerprint density at radius 2 is 2.24 bits per heavy atom. The second-order valence-electron chi connectivity index (χ2n) is 4.10. The van der Waals surface area contributed by atoms with Gasteiger partial charge in [-0.2, -0.15) is 5.10 Å². The summed E-state index contributed by atoms with van der Waals surface area (Å²) in [6.45, 7) is 4.93. The maximum atomic E-state index is 4.27. The second kappa shape index (κ2) is 5.42. The van der Waals surface area contributed by atoms with Gasteiger partial charge in [0.2, 0.25) is 0 Å². The zero-order valence-corrected chi connectivity index (χ0v) is 11.5. The highest BCUT2D eigenvalue weighted by Gasteiger charge is 2.06. The molecule has 0 atom stereocenters. The van der Waals surface area contributed by atoms with Crippen LogP contribution in [0, 0.1) is 0 Å². The molecule has 0 aliphatic rings. The van der Waals surface area contributed by atoms with Gasteiger partial charge < -0.3 is 5.32 Å². The van der Waals surface area contributed by atoms with Crippen LogP contribution in [-0.2, 0) is 6.54 Å². The van der Waals surface area contributed by atoms with E-state index in [4.69, 9.17) is 0 Å². The Morgan fingerprint density at radius 1 is 1.41 bits per heavy atom. The average Bonchev–Trinajstić information content (AvgIpc) is 2.74. The summed E-state index contributed by atoms with van der Waals surface area (Å²) in [5, 5.41) is 7.59. The first-order valence-corrected chi connectivity index (χ1v) is 6.34. The molecule has 0 fully saturated rings. The summed E-state index contributed by atoms with van der Waals surface area (Å²) >= 11 is 3.46. The summed E-state index contributed by atoms with van der Waals surface area (Å²) in [7, 11) is 0. The normalized spacial score (nSPS) is 11.1. The number of nitrogens with zero attached hydrogens (tertiary/aromatic N) is 3. The lowest BCUT2D eigenvalue weighted by molar-refractivity contribution is 0.563. The number of rotatable bonds is 4. The van der Waals surface area contributed by atoms with Crippen molar-refractivity contribution in [2.45, 2.75) is 26.4 Å². The molecule has 0 radical (unpaired) electrons. The number of aromatic nitrogens is 3. The minimum absolute atomic E-state index is 0.433. The highest BCUT2D eigenvalue weighted by Crippen LogP contribution is 2.15. The third kappa shape index (κ3) is 3.14. The molecule has 2 aromatic rings. The van der Waals surface area contributed by atoms with Gasteiger partial charge in [0.1, 0.15) is 12.2 Å². The third-order valence-electron chi connectivity index (χ3n) is 2.34. The predicted molar refractivity (Wildman–Crippen MR) is 71.0 cm³/mol. The van der Waals surface area contributed by atoms with Crippen molar-refractivity contribution in [3.8, 4) is 5.69 Å². The third-order valence-corrected chi connectivity index (χ3v) is 2.83. The molecule has 17 heavy (non-hydrogen) atoms. The largest absolute Gasteiger partial charge is 0.308 e. The lowest BCUT2D eigenvalue weighted by atomic mass is 10.3. The fourth-order valence-corrected chi connectivity index (χ4v) is 1.89. The topological polar surface area (TPSA) is 42.7 Å². The van der Waals surface area contributed by atoms with Crippen molar-refractivity contribution in [1.29, 1.82) is 0 Å². The van der Waals surface area contributed by atoms with Crippen molar-refractivity contribution in [1.82, 2.24) is 20.1 Å². The van der Waals surface area contributed by atoms with Crippen LogP contribution >= 0.6 is 15.9 Å².